The van der Waals surface area contributed by atoms with E-state index in [1.165, 1.54) is 17.0 Å². The van der Waals surface area contributed by atoms with Crippen molar-refractivity contribution < 1.29 is 14.0 Å². The Hall–Kier alpha value is -5.04. The Morgan fingerprint density at radius 1 is 0.833 bits per heavy atom. The predicted molar refractivity (Wildman–Crippen MR) is 164 cm³/mol. The standard InChI is InChI=1S/C35H33FN4O2/c1-35(2,3)28-16-14-27(15-17-28)34(42)39(23-25-10-6-4-7-11-25)24-33(41)37-32-22-31(26-12-8-5-9-13-26)38-40(32)30-20-18-29(36)19-21-30/h4-22H,23-24H2,1-3H3,(H,37,41). The van der Waals surface area contributed by atoms with Crippen LogP contribution in [0.5, 0.6) is 0 Å². The minimum Gasteiger partial charge on any atom is -0.325 e. The lowest BCUT2D eigenvalue weighted by Crippen LogP contribution is -2.38. The van der Waals surface area contributed by atoms with Crippen LogP contribution in [0.15, 0.2) is 115 Å². The highest BCUT2D eigenvalue weighted by Crippen LogP contribution is 2.26. The molecule has 0 aliphatic rings. The number of aromatic nitrogens is 2. The van der Waals surface area contributed by atoms with Gasteiger partial charge in [-0.15, -0.1) is 0 Å². The van der Waals surface area contributed by atoms with E-state index in [-0.39, 0.29) is 36.1 Å². The maximum absolute atomic E-state index is 13.7. The number of halogens is 1. The van der Waals surface area contributed by atoms with Gasteiger partial charge in [0.25, 0.3) is 5.91 Å². The summed E-state index contributed by atoms with van der Waals surface area (Å²) in [5, 5.41) is 7.63. The summed E-state index contributed by atoms with van der Waals surface area (Å²) >= 11 is 0. The second kappa shape index (κ2) is 12.2. The molecule has 7 heteroatoms. The van der Waals surface area contributed by atoms with Crippen LogP contribution >= 0.6 is 0 Å². The Kier molecular flexibility index (Phi) is 8.29. The molecule has 0 saturated heterocycles. The van der Waals surface area contributed by atoms with Gasteiger partial charge in [0, 0.05) is 23.7 Å². The molecular formula is C35H33FN4O2. The van der Waals surface area contributed by atoms with E-state index >= 15 is 0 Å². The molecule has 0 aliphatic carbocycles. The van der Waals surface area contributed by atoms with Crippen molar-refractivity contribution >= 4 is 17.6 Å². The van der Waals surface area contributed by atoms with E-state index in [0.29, 0.717) is 22.8 Å². The smallest absolute Gasteiger partial charge is 0.254 e. The van der Waals surface area contributed by atoms with Crippen molar-refractivity contribution in [1.82, 2.24) is 14.7 Å². The van der Waals surface area contributed by atoms with E-state index in [2.05, 4.69) is 31.2 Å². The summed E-state index contributed by atoms with van der Waals surface area (Å²) in [6.07, 6.45) is 0. The first kappa shape index (κ1) is 28.5. The SMILES string of the molecule is CC(C)(C)c1ccc(C(=O)N(CC(=O)Nc2cc(-c3ccccc3)nn2-c2ccc(F)cc2)Cc2ccccc2)cc1. The molecule has 5 rings (SSSR count). The molecule has 5 aromatic rings. The molecule has 4 aromatic carbocycles. The van der Waals surface area contributed by atoms with Gasteiger partial charge in [0.2, 0.25) is 5.91 Å². The number of hydrogen-bond acceptors (Lipinski definition) is 3. The van der Waals surface area contributed by atoms with Crippen LogP contribution in [-0.4, -0.2) is 33.0 Å². The third-order valence-corrected chi connectivity index (χ3v) is 6.95. The summed E-state index contributed by atoms with van der Waals surface area (Å²) in [5.74, 6) is -0.586. The second-order valence-corrected chi connectivity index (χ2v) is 11.2. The van der Waals surface area contributed by atoms with Gasteiger partial charge in [-0.2, -0.15) is 5.10 Å². The van der Waals surface area contributed by atoms with Crippen LogP contribution < -0.4 is 5.32 Å². The molecular weight excluding hydrogens is 527 g/mol. The molecule has 1 N–H and O–H groups in total. The molecule has 2 amide bonds. The number of nitrogens with zero attached hydrogens (tertiary/aromatic N) is 3. The van der Waals surface area contributed by atoms with Crippen molar-refractivity contribution in [2.45, 2.75) is 32.7 Å². The van der Waals surface area contributed by atoms with Crippen LogP contribution in [0.25, 0.3) is 16.9 Å². The summed E-state index contributed by atoms with van der Waals surface area (Å²) in [6.45, 7) is 6.45. The maximum atomic E-state index is 13.7. The van der Waals surface area contributed by atoms with Crippen molar-refractivity contribution in [2.24, 2.45) is 0 Å². The number of amides is 2. The molecule has 1 aromatic heterocycles. The molecule has 0 atom stereocenters. The first-order chi connectivity index (χ1) is 20.2. The highest BCUT2D eigenvalue weighted by molar-refractivity contribution is 5.99. The quantitative estimate of drug-likeness (QED) is 0.217. The molecule has 0 fully saturated rings. The Bertz CT molecular complexity index is 1660. The van der Waals surface area contributed by atoms with Gasteiger partial charge in [0.1, 0.15) is 18.2 Å². The lowest BCUT2D eigenvalue weighted by atomic mass is 9.86. The highest BCUT2D eigenvalue weighted by Gasteiger charge is 2.22. The van der Waals surface area contributed by atoms with Crippen molar-refractivity contribution in [1.29, 1.82) is 0 Å². The normalized spacial score (nSPS) is 11.2. The number of rotatable bonds is 8. The van der Waals surface area contributed by atoms with E-state index in [9.17, 15) is 14.0 Å². The molecule has 6 nitrogen and oxygen atoms in total. The van der Waals surface area contributed by atoms with Crippen molar-refractivity contribution in [3.05, 3.63) is 138 Å². The highest BCUT2D eigenvalue weighted by atomic mass is 19.1. The monoisotopic (exact) mass is 560 g/mol. The number of nitrogens with one attached hydrogen (secondary N) is 1. The molecule has 1 heterocycles. The van der Waals surface area contributed by atoms with E-state index in [1.54, 1.807) is 22.9 Å². The zero-order valence-electron chi connectivity index (χ0n) is 23.9. The predicted octanol–water partition coefficient (Wildman–Crippen LogP) is 7.26. The topological polar surface area (TPSA) is 67.2 Å². The van der Waals surface area contributed by atoms with Gasteiger partial charge in [0.05, 0.1) is 11.4 Å². The van der Waals surface area contributed by atoms with Gasteiger partial charge in [-0.05, 0) is 52.9 Å². The minimum atomic E-state index is -0.381. The Labute approximate surface area is 245 Å². The summed E-state index contributed by atoms with van der Waals surface area (Å²) in [4.78, 5) is 28.7. The lowest BCUT2D eigenvalue weighted by molar-refractivity contribution is -0.117. The Morgan fingerprint density at radius 3 is 2.07 bits per heavy atom. The molecule has 0 unspecified atom stereocenters. The zero-order valence-corrected chi connectivity index (χ0v) is 23.9. The molecule has 42 heavy (non-hydrogen) atoms. The van der Waals surface area contributed by atoms with Gasteiger partial charge in [0.15, 0.2) is 0 Å². The van der Waals surface area contributed by atoms with Crippen LogP contribution in [0, 0.1) is 5.82 Å². The van der Waals surface area contributed by atoms with Crippen LogP contribution in [0.3, 0.4) is 0 Å². The van der Waals surface area contributed by atoms with E-state index in [4.69, 9.17) is 0 Å². The molecule has 0 bridgehead atoms. The van der Waals surface area contributed by atoms with Gasteiger partial charge in [-0.3, -0.25) is 9.59 Å². The first-order valence-corrected chi connectivity index (χ1v) is 13.8. The number of anilines is 1. The average Bonchev–Trinajstić information content (AvgIpc) is 3.41. The van der Waals surface area contributed by atoms with Crippen LogP contribution in [0.1, 0.15) is 42.3 Å². The van der Waals surface area contributed by atoms with Crippen LogP contribution in [-0.2, 0) is 16.8 Å². The van der Waals surface area contributed by atoms with E-state index < -0.39 is 0 Å². The lowest BCUT2D eigenvalue weighted by Gasteiger charge is -2.24. The van der Waals surface area contributed by atoms with E-state index in [1.807, 2.05) is 84.9 Å². The third kappa shape index (κ3) is 6.81. The number of benzene rings is 4. The zero-order chi connectivity index (χ0) is 29.7. The van der Waals surface area contributed by atoms with Crippen LogP contribution in [0.4, 0.5) is 10.2 Å². The van der Waals surface area contributed by atoms with Gasteiger partial charge >= 0.3 is 0 Å². The fraction of sp³-hybridized carbons (Fsp3) is 0.171. The number of carbonyl (C=O) groups is 2. The first-order valence-electron chi connectivity index (χ1n) is 13.8. The van der Waals surface area contributed by atoms with E-state index in [0.717, 1.165) is 16.7 Å². The van der Waals surface area contributed by atoms with Crippen molar-refractivity contribution in [2.75, 3.05) is 11.9 Å². The fourth-order valence-corrected chi connectivity index (χ4v) is 4.65. The van der Waals surface area contributed by atoms with Crippen LogP contribution in [0.2, 0.25) is 0 Å². The van der Waals surface area contributed by atoms with Crippen molar-refractivity contribution in [3.63, 3.8) is 0 Å². The maximum Gasteiger partial charge on any atom is 0.254 e. The summed E-state index contributed by atoms with van der Waals surface area (Å²) in [6, 6.07) is 34.4. The average molecular weight is 561 g/mol. The molecule has 212 valence electrons. The largest absolute Gasteiger partial charge is 0.325 e. The Balaban J connectivity index is 1.43. The Morgan fingerprint density at radius 2 is 1.45 bits per heavy atom. The second-order valence-electron chi connectivity index (χ2n) is 11.2. The molecule has 0 saturated carbocycles. The molecule has 0 radical (unpaired) electrons. The van der Waals surface area contributed by atoms with Gasteiger partial charge < -0.3 is 10.2 Å². The third-order valence-electron chi connectivity index (χ3n) is 6.95. The minimum absolute atomic E-state index is 0.0444. The van der Waals surface area contributed by atoms with Gasteiger partial charge in [-0.1, -0.05) is 93.6 Å². The summed E-state index contributed by atoms with van der Waals surface area (Å²) in [5.41, 5.74) is 4.60. The van der Waals surface area contributed by atoms with Gasteiger partial charge in [-0.25, -0.2) is 9.07 Å². The summed E-state index contributed by atoms with van der Waals surface area (Å²) < 4.78 is 15.2. The number of hydrogen-bond donors (Lipinski definition) is 1. The summed E-state index contributed by atoms with van der Waals surface area (Å²) in [7, 11) is 0. The fourth-order valence-electron chi connectivity index (χ4n) is 4.65. The number of carbonyl (C=O) groups excluding carboxylic acids is 2. The van der Waals surface area contributed by atoms with Crippen molar-refractivity contribution in [3.8, 4) is 16.9 Å². The molecule has 0 spiro atoms. The molecule has 0 aliphatic heterocycles.